The molecule has 106 valence electrons. The Kier molecular flexibility index (Phi) is 3.96. The lowest BCUT2D eigenvalue weighted by molar-refractivity contribution is 0.563. The molecule has 0 saturated carbocycles. The van der Waals surface area contributed by atoms with Gasteiger partial charge in [-0.05, 0) is 30.3 Å². The second kappa shape index (κ2) is 5.38. The van der Waals surface area contributed by atoms with E-state index in [-0.39, 0.29) is 16.3 Å². The normalized spacial score (nSPS) is 11.6. The van der Waals surface area contributed by atoms with Gasteiger partial charge in [-0.3, -0.25) is 0 Å². The van der Waals surface area contributed by atoms with Gasteiger partial charge in [0.2, 0.25) is 0 Å². The van der Waals surface area contributed by atoms with Crippen LogP contribution in [0.5, 0.6) is 0 Å². The van der Waals surface area contributed by atoms with Crippen LogP contribution in [-0.4, -0.2) is 8.42 Å². The number of hydrogen-bond acceptors (Lipinski definition) is 3. The van der Waals surface area contributed by atoms with E-state index in [2.05, 4.69) is 0 Å². The molecule has 0 aromatic heterocycles. The Morgan fingerprint density at radius 2 is 1.80 bits per heavy atom. The van der Waals surface area contributed by atoms with E-state index >= 15 is 0 Å². The van der Waals surface area contributed by atoms with Crippen molar-refractivity contribution in [2.24, 2.45) is 0 Å². The SMILES string of the molecule is Nc1ccc(S(=O)(=O)Cc2c(F)cccc2Cl)c(F)c1. The Labute approximate surface area is 119 Å². The van der Waals surface area contributed by atoms with Crippen LogP contribution in [0.4, 0.5) is 14.5 Å². The third kappa shape index (κ3) is 2.91. The van der Waals surface area contributed by atoms with Gasteiger partial charge in [0.1, 0.15) is 16.5 Å². The fraction of sp³-hybridized carbons (Fsp3) is 0.0769. The van der Waals surface area contributed by atoms with Crippen molar-refractivity contribution in [3.05, 3.63) is 58.6 Å². The first kappa shape index (κ1) is 14.7. The highest BCUT2D eigenvalue weighted by Crippen LogP contribution is 2.26. The second-order valence-electron chi connectivity index (χ2n) is 4.15. The van der Waals surface area contributed by atoms with Crippen molar-refractivity contribution in [1.82, 2.24) is 0 Å². The van der Waals surface area contributed by atoms with Crippen LogP contribution in [-0.2, 0) is 15.6 Å². The standard InChI is InChI=1S/C13H10ClF2NO2S/c14-10-2-1-3-11(15)9(10)7-20(18,19)13-5-4-8(17)6-12(13)16/h1-6H,7,17H2. The molecule has 0 bridgehead atoms. The Hall–Kier alpha value is -1.66. The molecule has 0 radical (unpaired) electrons. The summed E-state index contributed by atoms with van der Waals surface area (Å²) >= 11 is 5.77. The first-order valence-corrected chi connectivity index (χ1v) is 7.55. The molecule has 2 rings (SSSR count). The van der Waals surface area contributed by atoms with E-state index in [1.807, 2.05) is 0 Å². The van der Waals surface area contributed by atoms with E-state index in [9.17, 15) is 17.2 Å². The van der Waals surface area contributed by atoms with Gasteiger partial charge < -0.3 is 5.73 Å². The fourth-order valence-electron chi connectivity index (χ4n) is 1.71. The zero-order valence-electron chi connectivity index (χ0n) is 10.1. The smallest absolute Gasteiger partial charge is 0.185 e. The maximum atomic E-state index is 13.7. The lowest BCUT2D eigenvalue weighted by atomic mass is 10.2. The number of benzene rings is 2. The summed E-state index contributed by atoms with van der Waals surface area (Å²) in [6.45, 7) is 0. The molecule has 7 heteroatoms. The molecule has 20 heavy (non-hydrogen) atoms. The van der Waals surface area contributed by atoms with Gasteiger partial charge in [-0.1, -0.05) is 17.7 Å². The topological polar surface area (TPSA) is 60.2 Å². The van der Waals surface area contributed by atoms with E-state index in [0.29, 0.717) is 0 Å². The van der Waals surface area contributed by atoms with Gasteiger partial charge in [0.15, 0.2) is 9.84 Å². The zero-order chi connectivity index (χ0) is 14.9. The first-order valence-electron chi connectivity index (χ1n) is 5.52. The molecule has 0 aliphatic heterocycles. The molecule has 0 saturated heterocycles. The van der Waals surface area contributed by atoms with Crippen LogP contribution < -0.4 is 5.73 Å². The molecule has 0 aliphatic rings. The number of rotatable bonds is 3. The van der Waals surface area contributed by atoms with Gasteiger partial charge in [0.25, 0.3) is 0 Å². The summed E-state index contributed by atoms with van der Waals surface area (Å²) in [5.74, 6) is -2.45. The third-order valence-electron chi connectivity index (χ3n) is 2.69. The molecule has 3 nitrogen and oxygen atoms in total. The summed E-state index contributed by atoms with van der Waals surface area (Å²) in [7, 11) is -4.06. The number of nitrogen functional groups attached to an aromatic ring is 1. The monoisotopic (exact) mass is 317 g/mol. The van der Waals surface area contributed by atoms with Crippen molar-refractivity contribution in [3.8, 4) is 0 Å². The highest BCUT2D eigenvalue weighted by molar-refractivity contribution is 7.90. The summed E-state index contributed by atoms with van der Waals surface area (Å²) in [6.07, 6.45) is 0. The van der Waals surface area contributed by atoms with Crippen molar-refractivity contribution in [3.63, 3.8) is 0 Å². The number of anilines is 1. The Bertz CT molecular complexity index is 743. The molecule has 0 amide bonds. The van der Waals surface area contributed by atoms with Crippen LogP contribution >= 0.6 is 11.6 Å². The molecule has 0 aliphatic carbocycles. The predicted octanol–water partition coefficient (Wildman–Crippen LogP) is 3.17. The van der Waals surface area contributed by atoms with Crippen LogP contribution in [0.25, 0.3) is 0 Å². The lowest BCUT2D eigenvalue weighted by Gasteiger charge is -2.08. The average molecular weight is 318 g/mol. The largest absolute Gasteiger partial charge is 0.399 e. The van der Waals surface area contributed by atoms with Gasteiger partial charge in [-0.15, -0.1) is 0 Å². The minimum atomic E-state index is -4.06. The number of hydrogen-bond donors (Lipinski definition) is 1. The number of sulfone groups is 1. The molecule has 0 fully saturated rings. The van der Waals surface area contributed by atoms with Crippen molar-refractivity contribution >= 4 is 27.1 Å². The van der Waals surface area contributed by atoms with Gasteiger partial charge in [-0.2, -0.15) is 0 Å². The molecule has 0 atom stereocenters. The summed E-state index contributed by atoms with van der Waals surface area (Å²) in [4.78, 5) is -0.536. The number of nitrogens with two attached hydrogens (primary N) is 1. The molecular weight excluding hydrogens is 308 g/mol. The van der Waals surface area contributed by atoms with Gasteiger partial charge in [0.05, 0.1) is 5.75 Å². The zero-order valence-corrected chi connectivity index (χ0v) is 11.7. The first-order chi connectivity index (χ1) is 9.31. The molecule has 2 aromatic carbocycles. The highest BCUT2D eigenvalue weighted by atomic mass is 35.5. The van der Waals surface area contributed by atoms with E-state index in [1.54, 1.807) is 0 Å². The van der Waals surface area contributed by atoms with E-state index < -0.39 is 32.1 Å². The summed E-state index contributed by atoms with van der Waals surface area (Å²) < 4.78 is 51.5. The second-order valence-corrected chi connectivity index (χ2v) is 6.51. The van der Waals surface area contributed by atoms with E-state index in [0.717, 1.165) is 18.2 Å². The summed E-state index contributed by atoms with van der Waals surface area (Å²) in [5, 5.41) is -0.0237. The van der Waals surface area contributed by atoms with Crippen molar-refractivity contribution in [2.45, 2.75) is 10.6 Å². The molecule has 2 N–H and O–H groups in total. The molecule has 2 aromatic rings. The van der Waals surface area contributed by atoms with Crippen LogP contribution in [0.3, 0.4) is 0 Å². The van der Waals surface area contributed by atoms with Crippen LogP contribution in [0.1, 0.15) is 5.56 Å². The third-order valence-corrected chi connectivity index (χ3v) is 4.71. The molecule has 0 heterocycles. The van der Waals surface area contributed by atoms with Crippen LogP contribution in [0.2, 0.25) is 5.02 Å². The van der Waals surface area contributed by atoms with Crippen LogP contribution in [0.15, 0.2) is 41.3 Å². The highest BCUT2D eigenvalue weighted by Gasteiger charge is 2.23. The Morgan fingerprint density at radius 1 is 1.10 bits per heavy atom. The fourth-order valence-corrected chi connectivity index (χ4v) is 3.48. The lowest BCUT2D eigenvalue weighted by Crippen LogP contribution is -2.09. The van der Waals surface area contributed by atoms with E-state index in [1.165, 1.54) is 18.2 Å². The Balaban J connectivity index is 2.46. The quantitative estimate of drug-likeness (QED) is 0.884. The van der Waals surface area contributed by atoms with E-state index in [4.69, 9.17) is 17.3 Å². The van der Waals surface area contributed by atoms with Gasteiger partial charge >= 0.3 is 0 Å². The molecule has 0 unspecified atom stereocenters. The van der Waals surface area contributed by atoms with Gasteiger partial charge in [-0.25, -0.2) is 17.2 Å². The summed E-state index contributed by atoms with van der Waals surface area (Å²) in [5.41, 5.74) is 5.27. The van der Waals surface area contributed by atoms with Crippen molar-refractivity contribution in [2.75, 3.05) is 5.73 Å². The average Bonchev–Trinajstić information content (AvgIpc) is 2.33. The van der Waals surface area contributed by atoms with Gasteiger partial charge in [0, 0.05) is 16.3 Å². The maximum absolute atomic E-state index is 13.7. The minimum Gasteiger partial charge on any atom is -0.399 e. The summed E-state index contributed by atoms with van der Waals surface area (Å²) in [6, 6.07) is 7.03. The van der Waals surface area contributed by atoms with Crippen LogP contribution in [0, 0.1) is 11.6 Å². The Morgan fingerprint density at radius 3 is 2.40 bits per heavy atom. The molecular formula is C13H10ClF2NO2S. The predicted molar refractivity (Wildman–Crippen MR) is 73.1 cm³/mol. The van der Waals surface area contributed by atoms with Crippen molar-refractivity contribution in [1.29, 1.82) is 0 Å². The minimum absolute atomic E-state index is 0.0237. The maximum Gasteiger partial charge on any atom is 0.185 e. The molecule has 0 spiro atoms. The van der Waals surface area contributed by atoms with Crippen molar-refractivity contribution < 1.29 is 17.2 Å². The number of halogens is 3.